The molecule has 0 aromatic carbocycles. The summed E-state index contributed by atoms with van der Waals surface area (Å²) in [6.07, 6.45) is 41.1. The quantitative estimate of drug-likeness (QED) is 0.0613. The first-order valence-electron chi connectivity index (χ1n) is 16.5. The summed E-state index contributed by atoms with van der Waals surface area (Å²) in [5, 5.41) is 0. The van der Waals surface area contributed by atoms with Crippen molar-refractivity contribution in [3.63, 3.8) is 0 Å². The number of hydrogen-bond donors (Lipinski definition) is 0. The van der Waals surface area contributed by atoms with Crippen molar-refractivity contribution in [2.45, 2.75) is 148 Å². The van der Waals surface area contributed by atoms with Gasteiger partial charge in [-0.1, -0.05) is 69.9 Å². The van der Waals surface area contributed by atoms with E-state index >= 15 is 0 Å². The van der Waals surface area contributed by atoms with Gasteiger partial charge in [-0.2, -0.15) is 0 Å². The molecule has 0 atom stereocenters. The summed E-state index contributed by atoms with van der Waals surface area (Å²) in [5.74, 6) is 0. The average Bonchev–Trinajstić information content (AvgIpc) is 2.96. The van der Waals surface area contributed by atoms with Crippen LogP contribution in [-0.4, -0.2) is 0 Å². The Hall–Kier alpha value is -1.20. The fraction of sp³-hybridized carbons (Fsp3) is 0.622. The van der Waals surface area contributed by atoms with Crippen molar-refractivity contribution in [1.82, 2.24) is 0 Å². The molecule has 0 aliphatic rings. The highest BCUT2D eigenvalue weighted by Gasteiger charge is 2.04. The number of rotatable bonds is 26. The van der Waals surface area contributed by atoms with Crippen molar-refractivity contribution in [1.29, 1.82) is 0 Å². The largest absolute Gasteiger partial charge is 1.00 e. The van der Waals surface area contributed by atoms with Gasteiger partial charge in [-0.05, 0) is 76.3 Å². The topological polar surface area (TPSA) is 7.76 Å². The van der Waals surface area contributed by atoms with Gasteiger partial charge in [-0.3, -0.25) is 0 Å². The maximum Gasteiger partial charge on any atom is 0.171 e. The Kier molecular flexibility index (Phi) is 28.1. The molecule has 2 aromatic heterocycles. The van der Waals surface area contributed by atoms with Gasteiger partial charge in [0.25, 0.3) is 0 Å². The van der Waals surface area contributed by atoms with Gasteiger partial charge in [0.2, 0.25) is 0 Å². The normalized spacial score (nSPS) is 10.5. The van der Waals surface area contributed by atoms with Crippen LogP contribution in [0.2, 0.25) is 0 Å². The van der Waals surface area contributed by atoms with Crippen LogP contribution in [-0.2, 0) is 25.9 Å². The summed E-state index contributed by atoms with van der Waals surface area (Å²) in [6, 6.07) is 9.04. The molecule has 0 spiro atoms. The first kappa shape index (κ1) is 39.8. The Morgan fingerprint density at radius 3 is 1.27 bits per heavy atom. The molecule has 0 N–H and O–H groups in total. The Morgan fingerprint density at radius 2 is 0.829 bits per heavy atom. The Morgan fingerprint density at radius 1 is 0.488 bits per heavy atom. The van der Waals surface area contributed by atoms with Crippen LogP contribution in [0, 0.1) is 0 Å². The Balaban J connectivity index is 0.00000800. The number of nitrogens with zero attached hydrogens (tertiary/aromatic N) is 2. The molecular weight excluding hydrogens is 635 g/mol. The Bertz CT molecular complexity index is 885. The van der Waals surface area contributed by atoms with Crippen LogP contribution in [0.1, 0.15) is 133 Å². The number of allylic oxidation sites excluding steroid dienone is 2. The van der Waals surface area contributed by atoms with Crippen molar-refractivity contribution in [2.24, 2.45) is 0 Å². The van der Waals surface area contributed by atoms with Crippen LogP contribution < -0.4 is 45.5 Å². The van der Waals surface area contributed by atoms with E-state index in [1.165, 1.54) is 140 Å². The zero-order valence-corrected chi connectivity index (χ0v) is 29.0. The third-order valence-corrected chi connectivity index (χ3v) is 7.92. The molecular formula is C37H60ClIN2. The van der Waals surface area contributed by atoms with E-state index in [1.807, 2.05) is 12.2 Å². The molecule has 0 radical (unpaired) electrons. The maximum absolute atomic E-state index is 3.82. The minimum atomic E-state index is 0. The zero-order chi connectivity index (χ0) is 27.6. The van der Waals surface area contributed by atoms with Crippen LogP contribution in [0.25, 0.3) is 0 Å². The van der Waals surface area contributed by atoms with E-state index in [2.05, 4.69) is 71.3 Å². The molecule has 41 heavy (non-hydrogen) atoms. The molecule has 0 bridgehead atoms. The number of pyridine rings is 2. The molecule has 4 heteroatoms. The van der Waals surface area contributed by atoms with Gasteiger partial charge in [0.05, 0.1) is 0 Å². The van der Waals surface area contributed by atoms with Crippen molar-refractivity contribution >= 4 is 0 Å². The summed E-state index contributed by atoms with van der Waals surface area (Å²) in [4.78, 5) is 0. The van der Waals surface area contributed by atoms with E-state index in [0.29, 0.717) is 0 Å². The summed E-state index contributed by atoms with van der Waals surface area (Å²) in [7, 11) is 0. The van der Waals surface area contributed by atoms with Crippen molar-refractivity contribution in [3.05, 3.63) is 85.5 Å². The van der Waals surface area contributed by atoms with Crippen LogP contribution in [0.4, 0.5) is 0 Å². The summed E-state index contributed by atoms with van der Waals surface area (Å²) in [5.41, 5.74) is 2.99. The van der Waals surface area contributed by atoms with Gasteiger partial charge in [-0.25, -0.2) is 9.13 Å². The van der Waals surface area contributed by atoms with Gasteiger partial charge in [-0.15, -0.1) is 13.2 Å². The fourth-order valence-corrected chi connectivity index (χ4v) is 5.50. The zero-order valence-electron chi connectivity index (χ0n) is 26.1. The summed E-state index contributed by atoms with van der Waals surface area (Å²) in [6.45, 7) is 9.95. The second-order valence-corrected chi connectivity index (χ2v) is 11.6. The lowest BCUT2D eigenvalue weighted by atomic mass is 10.0. The molecule has 2 rings (SSSR count). The minimum absolute atomic E-state index is 0. The van der Waals surface area contributed by atoms with Gasteiger partial charge in [0, 0.05) is 36.1 Å². The van der Waals surface area contributed by atoms with Gasteiger partial charge < -0.3 is 36.4 Å². The number of hydrogen-bond acceptors (Lipinski definition) is 0. The van der Waals surface area contributed by atoms with Crippen LogP contribution >= 0.6 is 0 Å². The lowest BCUT2D eigenvalue weighted by molar-refractivity contribution is -0.697. The third kappa shape index (κ3) is 22.1. The number of aryl methyl sites for hydroxylation is 4. The molecule has 0 fully saturated rings. The molecule has 232 valence electrons. The highest BCUT2D eigenvalue weighted by molar-refractivity contribution is 5.05. The standard InChI is InChI=1S/C37H60N2.ClH.HI/c1-3-5-7-9-18-22-30-38-33-25-29-37(35-38)27-21-17-15-13-11-10-12-14-16-19-23-31-39-32-24-28-36(34-39)26-20-8-6-4-2;;/h3-4,24-25,28-29,32-35H,1-2,5-23,26-27,30-31H2;2*1H/q+2;;/p-2. The van der Waals surface area contributed by atoms with Crippen molar-refractivity contribution in [2.75, 3.05) is 0 Å². The third-order valence-electron chi connectivity index (χ3n) is 7.92. The number of aromatic nitrogens is 2. The fourth-order valence-electron chi connectivity index (χ4n) is 5.50. The van der Waals surface area contributed by atoms with Crippen molar-refractivity contribution < 1.29 is 45.5 Å². The lowest BCUT2D eigenvalue weighted by Crippen LogP contribution is -3.00. The molecule has 0 unspecified atom stereocenters. The Labute approximate surface area is 277 Å². The highest BCUT2D eigenvalue weighted by Crippen LogP contribution is 2.13. The SMILES string of the molecule is C=CCCCCCC[n+]1cccc(CCCCCCCCCCCCC[n+]2cccc(CCCCC=C)c2)c1.[Cl-].[I-]. The van der Waals surface area contributed by atoms with Gasteiger partial charge >= 0.3 is 0 Å². The van der Waals surface area contributed by atoms with E-state index < -0.39 is 0 Å². The van der Waals surface area contributed by atoms with E-state index in [1.54, 1.807) is 0 Å². The number of halogens is 2. The highest BCUT2D eigenvalue weighted by atomic mass is 127. The molecule has 0 saturated heterocycles. The smallest absolute Gasteiger partial charge is 0.171 e. The van der Waals surface area contributed by atoms with Crippen LogP contribution in [0.5, 0.6) is 0 Å². The second kappa shape index (κ2) is 28.9. The number of unbranched alkanes of at least 4 members (excludes halogenated alkanes) is 16. The lowest BCUT2D eigenvalue weighted by Gasteiger charge is -2.04. The van der Waals surface area contributed by atoms with Gasteiger partial charge in [0.15, 0.2) is 24.8 Å². The predicted octanol–water partition coefficient (Wildman–Crippen LogP) is 3.84. The minimum Gasteiger partial charge on any atom is -1.00 e. The molecule has 2 heterocycles. The van der Waals surface area contributed by atoms with Crippen LogP contribution in [0.3, 0.4) is 0 Å². The molecule has 0 saturated carbocycles. The average molecular weight is 695 g/mol. The van der Waals surface area contributed by atoms with E-state index in [0.717, 1.165) is 19.4 Å². The molecule has 2 aromatic rings. The van der Waals surface area contributed by atoms with Crippen LogP contribution in [0.15, 0.2) is 74.4 Å². The van der Waals surface area contributed by atoms with E-state index in [4.69, 9.17) is 0 Å². The van der Waals surface area contributed by atoms with Crippen molar-refractivity contribution in [3.8, 4) is 0 Å². The van der Waals surface area contributed by atoms with Gasteiger partial charge in [0.1, 0.15) is 13.1 Å². The molecule has 0 aliphatic heterocycles. The molecule has 0 amide bonds. The first-order chi connectivity index (χ1) is 19.3. The van der Waals surface area contributed by atoms with E-state index in [9.17, 15) is 0 Å². The van der Waals surface area contributed by atoms with E-state index in [-0.39, 0.29) is 36.4 Å². The molecule has 2 nitrogen and oxygen atoms in total. The second-order valence-electron chi connectivity index (χ2n) is 11.6. The summed E-state index contributed by atoms with van der Waals surface area (Å²) < 4.78 is 4.79. The monoisotopic (exact) mass is 694 g/mol. The molecule has 0 aliphatic carbocycles. The maximum atomic E-state index is 3.82. The predicted molar refractivity (Wildman–Crippen MR) is 169 cm³/mol. The summed E-state index contributed by atoms with van der Waals surface area (Å²) >= 11 is 0. The first-order valence-corrected chi connectivity index (χ1v) is 16.5.